The van der Waals surface area contributed by atoms with Gasteiger partial charge in [0.15, 0.2) is 5.65 Å². The Kier molecular flexibility index (Phi) is 8.31. The number of fused-ring (bicyclic) bond motifs is 2. The number of nitrogens with one attached hydrogen (secondary N) is 2. The highest BCUT2D eigenvalue weighted by Crippen LogP contribution is 2.34. The number of benzene rings is 2. The van der Waals surface area contributed by atoms with Crippen molar-refractivity contribution in [3.05, 3.63) is 101 Å². The molecule has 220 valence electrons. The fourth-order valence-corrected chi connectivity index (χ4v) is 5.83. The van der Waals surface area contributed by atoms with E-state index in [2.05, 4.69) is 61.2 Å². The van der Waals surface area contributed by atoms with E-state index in [-0.39, 0.29) is 11.8 Å². The molecule has 1 aliphatic heterocycles. The fraction of sp³-hybridized carbons (Fsp3) is 0.294. The predicted molar refractivity (Wildman–Crippen MR) is 164 cm³/mol. The number of carbonyl (C=O) groups is 1. The minimum atomic E-state index is -0.596. The highest BCUT2D eigenvalue weighted by molar-refractivity contribution is 5.86. The quantitative estimate of drug-likeness (QED) is 0.202. The summed E-state index contributed by atoms with van der Waals surface area (Å²) in [5.41, 5.74) is 9.11. The number of ether oxygens (including phenoxy) is 2. The van der Waals surface area contributed by atoms with E-state index in [0.717, 1.165) is 72.2 Å². The molecule has 0 aliphatic carbocycles. The van der Waals surface area contributed by atoms with Gasteiger partial charge in [-0.1, -0.05) is 18.2 Å². The summed E-state index contributed by atoms with van der Waals surface area (Å²) >= 11 is 0. The SMILES string of the molecule is COC(=O)Nc1nc2ncc(-c3ccc4c(c3)CC(CCCc3ccnc(C)c3Cc3ccc(F)cc3)CCO4)cc2[nH]1. The minimum absolute atomic E-state index is 0.216. The van der Waals surface area contributed by atoms with Crippen LogP contribution in [0.15, 0.2) is 67.0 Å². The number of rotatable bonds is 8. The van der Waals surface area contributed by atoms with Crippen molar-refractivity contribution in [2.75, 3.05) is 19.0 Å². The average molecular weight is 580 g/mol. The van der Waals surface area contributed by atoms with E-state index in [0.29, 0.717) is 18.2 Å². The third-order valence-corrected chi connectivity index (χ3v) is 8.15. The average Bonchev–Trinajstić information content (AvgIpc) is 3.29. The number of aromatic nitrogens is 4. The molecule has 1 aliphatic rings. The molecule has 0 spiro atoms. The Bertz CT molecular complexity index is 1750. The van der Waals surface area contributed by atoms with Crippen molar-refractivity contribution in [2.24, 2.45) is 5.92 Å². The molecule has 43 heavy (non-hydrogen) atoms. The summed E-state index contributed by atoms with van der Waals surface area (Å²) in [6.07, 6.45) is 8.96. The molecular weight excluding hydrogens is 545 g/mol. The Hall–Kier alpha value is -4.79. The van der Waals surface area contributed by atoms with Gasteiger partial charge in [0, 0.05) is 23.7 Å². The summed E-state index contributed by atoms with van der Waals surface area (Å²) < 4.78 is 24.2. The number of methoxy groups -OCH3 is 1. The molecule has 0 saturated carbocycles. The second-order valence-electron chi connectivity index (χ2n) is 11.1. The van der Waals surface area contributed by atoms with Crippen LogP contribution < -0.4 is 10.1 Å². The zero-order chi connectivity index (χ0) is 29.8. The highest BCUT2D eigenvalue weighted by atomic mass is 19.1. The largest absolute Gasteiger partial charge is 0.493 e. The van der Waals surface area contributed by atoms with Crippen molar-refractivity contribution in [1.29, 1.82) is 0 Å². The van der Waals surface area contributed by atoms with Gasteiger partial charge in [-0.25, -0.2) is 14.2 Å². The minimum Gasteiger partial charge on any atom is -0.493 e. The zero-order valence-electron chi connectivity index (χ0n) is 24.3. The van der Waals surface area contributed by atoms with E-state index in [1.54, 1.807) is 6.20 Å². The number of halogens is 1. The number of nitrogens with zero attached hydrogens (tertiary/aromatic N) is 3. The van der Waals surface area contributed by atoms with E-state index in [9.17, 15) is 9.18 Å². The summed E-state index contributed by atoms with van der Waals surface area (Å²) in [4.78, 5) is 27.9. The molecule has 1 unspecified atom stereocenters. The summed E-state index contributed by atoms with van der Waals surface area (Å²) in [5, 5.41) is 2.54. The molecule has 4 heterocycles. The van der Waals surface area contributed by atoms with Gasteiger partial charge in [0.05, 0.1) is 19.2 Å². The number of aromatic amines is 1. The molecule has 8 nitrogen and oxygen atoms in total. The summed E-state index contributed by atoms with van der Waals surface area (Å²) in [7, 11) is 1.30. The molecule has 2 N–H and O–H groups in total. The van der Waals surface area contributed by atoms with Gasteiger partial charge in [-0.15, -0.1) is 0 Å². The van der Waals surface area contributed by atoms with Crippen LogP contribution in [-0.4, -0.2) is 39.7 Å². The van der Waals surface area contributed by atoms with Gasteiger partial charge in [0.1, 0.15) is 11.6 Å². The Morgan fingerprint density at radius 3 is 2.81 bits per heavy atom. The van der Waals surface area contributed by atoms with Crippen LogP contribution >= 0.6 is 0 Å². The smallest absolute Gasteiger partial charge is 0.413 e. The van der Waals surface area contributed by atoms with Crippen molar-refractivity contribution in [3.8, 4) is 16.9 Å². The molecule has 0 radical (unpaired) electrons. The van der Waals surface area contributed by atoms with Gasteiger partial charge in [0.2, 0.25) is 5.95 Å². The van der Waals surface area contributed by atoms with Crippen molar-refractivity contribution < 1.29 is 18.7 Å². The molecule has 9 heteroatoms. The van der Waals surface area contributed by atoms with E-state index < -0.39 is 6.09 Å². The molecule has 3 aromatic heterocycles. The number of pyridine rings is 2. The van der Waals surface area contributed by atoms with E-state index >= 15 is 0 Å². The van der Waals surface area contributed by atoms with Crippen molar-refractivity contribution in [2.45, 2.75) is 45.4 Å². The van der Waals surface area contributed by atoms with Crippen LogP contribution in [-0.2, 0) is 24.0 Å². The maximum atomic E-state index is 13.4. The second kappa shape index (κ2) is 12.6. The van der Waals surface area contributed by atoms with Gasteiger partial charge < -0.3 is 14.5 Å². The van der Waals surface area contributed by atoms with Crippen LogP contribution in [0.4, 0.5) is 15.1 Å². The second-order valence-corrected chi connectivity index (χ2v) is 11.1. The first-order valence-corrected chi connectivity index (χ1v) is 14.6. The summed E-state index contributed by atoms with van der Waals surface area (Å²) in [6, 6.07) is 17.2. The Morgan fingerprint density at radius 1 is 1.12 bits per heavy atom. The topological polar surface area (TPSA) is 102 Å². The Balaban J connectivity index is 1.13. The lowest BCUT2D eigenvalue weighted by Gasteiger charge is -2.16. The lowest BCUT2D eigenvalue weighted by atomic mass is 9.89. The third-order valence-electron chi connectivity index (χ3n) is 8.15. The van der Waals surface area contributed by atoms with Crippen LogP contribution in [0.25, 0.3) is 22.3 Å². The van der Waals surface area contributed by atoms with Gasteiger partial charge in [-0.3, -0.25) is 10.3 Å². The standard InChI is InChI=1S/C34H34FN5O3/c1-21-29(17-23-6-9-28(35)10-7-23)24(12-14-36-21)5-3-4-22-13-15-43-31-11-8-25(18-26(31)16-22)27-19-30-32(37-20-27)39-33(38-30)40-34(41)42-2/h6-12,14,18-20,22H,3-5,13,15-17H2,1-2H3,(H2,37,38,39,40,41). The van der Waals surface area contributed by atoms with Gasteiger partial charge in [-0.2, -0.15) is 4.98 Å². The third kappa shape index (κ3) is 6.66. The van der Waals surface area contributed by atoms with Crippen LogP contribution in [0, 0.1) is 18.7 Å². The first-order chi connectivity index (χ1) is 20.9. The van der Waals surface area contributed by atoms with Gasteiger partial charge >= 0.3 is 6.09 Å². The molecular formula is C34H34FN5O3. The number of aryl methyl sites for hydroxylation is 2. The Labute approximate surface area is 249 Å². The lowest BCUT2D eigenvalue weighted by molar-refractivity contribution is 0.186. The molecule has 1 amide bonds. The first-order valence-electron chi connectivity index (χ1n) is 14.6. The molecule has 1 atom stereocenters. The molecule has 5 aromatic rings. The molecule has 2 aromatic carbocycles. The first kappa shape index (κ1) is 28.3. The number of carbonyl (C=O) groups excluding carboxylic acids is 1. The zero-order valence-corrected chi connectivity index (χ0v) is 24.3. The normalized spacial score (nSPS) is 14.5. The van der Waals surface area contributed by atoms with Gasteiger partial charge in [-0.05, 0) is 116 Å². The number of hydrogen-bond donors (Lipinski definition) is 2. The Morgan fingerprint density at radius 2 is 1.98 bits per heavy atom. The van der Waals surface area contributed by atoms with Gasteiger partial charge in [0.25, 0.3) is 0 Å². The maximum Gasteiger partial charge on any atom is 0.413 e. The molecule has 6 rings (SSSR count). The summed E-state index contributed by atoms with van der Waals surface area (Å²) in [5.74, 6) is 1.53. The van der Waals surface area contributed by atoms with Crippen molar-refractivity contribution >= 4 is 23.2 Å². The maximum absolute atomic E-state index is 13.4. The van der Waals surface area contributed by atoms with Crippen LogP contribution in [0.2, 0.25) is 0 Å². The number of amides is 1. The predicted octanol–water partition coefficient (Wildman–Crippen LogP) is 7.20. The monoisotopic (exact) mass is 579 g/mol. The summed E-state index contributed by atoms with van der Waals surface area (Å²) in [6.45, 7) is 2.76. The van der Waals surface area contributed by atoms with Crippen LogP contribution in [0.1, 0.15) is 47.2 Å². The van der Waals surface area contributed by atoms with Crippen LogP contribution in [0.5, 0.6) is 5.75 Å². The van der Waals surface area contributed by atoms with Crippen molar-refractivity contribution in [3.63, 3.8) is 0 Å². The molecule has 0 saturated heterocycles. The number of hydrogen-bond acceptors (Lipinski definition) is 6. The fourth-order valence-electron chi connectivity index (χ4n) is 5.83. The van der Waals surface area contributed by atoms with E-state index in [4.69, 9.17) is 4.74 Å². The van der Waals surface area contributed by atoms with E-state index in [1.807, 2.05) is 24.4 Å². The van der Waals surface area contributed by atoms with Crippen LogP contribution in [0.3, 0.4) is 0 Å². The number of H-pyrrole nitrogens is 1. The van der Waals surface area contributed by atoms with E-state index in [1.165, 1.54) is 35.9 Å². The highest BCUT2D eigenvalue weighted by Gasteiger charge is 2.19. The molecule has 0 bridgehead atoms. The van der Waals surface area contributed by atoms with Crippen molar-refractivity contribution in [1.82, 2.24) is 19.9 Å². The number of imidazole rings is 1. The molecule has 0 fully saturated rings. The number of anilines is 1. The lowest BCUT2D eigenvalue weighted by Crippen LogP contribution is -2.11.